The average Bonchev–Trinajstić information content (AvgIpc) is 3.22. The minimum Gasteiger partial charge on any atom is -0.382 e. The molecule has 0 saturated carbocycles. The van der Waals surface area contributed by atoms with Crippen molar-refractivity contribution in [3.8, 4) is 0 Å². The maximum absolute atomic E-state index is 12.5. The van der Waals surface area contributed by atoms with Crippen LogP contribution in [0, 0.1) is 5.41 Å². The number of benzene rings is 2. The van der Waals surface area contributed by atoms with Crippen LogP contribution in [0.4, 0.5) is 11.5 Å². The topological polar surface area (TPSA) is 148 Å². The normalized spacial score (nSPS) is 11.1. The zero-order valence-corrected chi connectivity index (χ0v) is 20.0. The number of anilines is 2. The van der Waals surface area contributed by atoms with Gasteiger partial charge in [-0.1, -0.05) is 31.5 Å². The predicted molar refractivity (Wildman–Crippen MR) is 142 cm³/mol. The van der Waals surface area contributed by atoms with Crippen LogP contribution < -0.4 is 22.1 Å². The van der Waals surface area contributed by atoms with E-state index in [0.717, 1.165) is 66.4 Å². The smallest absolute Gasteiger partial charge is 0.251 e. The van der Waals surface area contributed by atoms with Gasteiger partial charge >= 0.3 is 0 Å². The summed E-state index contributed by atoms with van der Waals surface area (Å²) in [5.74, 6) is 1.24. The summed E-state index contributed by atoms with van der Waals surface area (Å²) in [6, 6.07) is 14.9. The monoisotopic (exact) mass is 472 g/mol. The molecule has 7 N–H and O–H groups in total. The van der Waals surface area contributed by atoms with E-state index in [1.807, 2.05) is 18.2 Å². The van der Waals surface area contributed by atoms with Crippen LogP contribution in [0.3, 0.4) is 0 Å². The summed E-state index contributed by atoms with van der Waals surface area (Å²) in [5, 5.41) is 14.0. The number of fused-ring (bicyclic) bond motifs is 3. The van der Waals surface area contributed by atoms with E-state index in [1.54, 1.807) is 24.3 Å². The van der Waals surface area contributed by atoms with Crippen LogP contribution in [0.2, 0.25) is 0 Å². The van der Waals surface area contributed by atoms with Gasteiger partial charge in [0.2, 0.25) is 0 Å². The lowest BCUT2D eigenvalue weighted by Gasteiger charge is -2.11. The van der Waals surface area contributed by atoms with Crippen molar-refractivity contribution in [1.82, 2.24) is 19.9 Å². The Bertz CT molecular complexity index is 1340. The highest BCUT2D eigenvalue weighted by atomic mass is 16.1. The Balaban J connectivity index is 1.42. The second-order valence-corrected chi connectivity index (χ2v) is 8.57. The number of para-hydroxylation sites is 1. The first kappa shape index (κ1) is 24.0. The van der Waals surface area contributed by atoms with Crippen molar-refractivity contribution in [2.75, 3.05) is 17.6 Å². The fourth-order valence-corrected chi connectivity index (χ4v) is 4.23. The fourth-order valence-electron chi connectivity index (χ4n) is 4.23. The molecule has 4 rings (SSSR count). The summed E-state index contributed by atoms with van der Waals surface area (Å²) in [6.45, 7) is 3.55. The van der Waals surface area contributed by atoms with Gasteiger partial charge in [0.15, 0.2) is 11.8 Å². The van der Waals surface area contributed by atoms with Crippen molar-refractivity contribution in [2.24, 2.45) is 5.73 Å². The Labute approximate surface area is 204 Å². The zero-order chi connectivity index (χ0) is 24.8. The van der Waals surface area contributed by atoms with Gasteiger partial charge in [0.05, 0.1) is 11.0 Å². The number of carbonyl (C=O) groups excluding carboxylic acids is 1. The first-order valence-electron chi connectivity index (χ1n) is 12.0. The molecule has 2 heterocycles. The third-order valence-corrected chi connectivity index (χ3v) is 5.96. The van der Waals surface area contributed by atoms with E-state index in [1.165, 1.54) is 0 Å². The molecule has 0 bridgehead atoms. The Kier molecular flexibility index (Phi) is 7.45. The van der Waals surface area contributed by atoms with Crippen LogP contribution in [0.1, 0.15) is 48.8 Å². The molecular weight excluding hydrogens is 440 g/mol. The summed E-state index contributed by atoms with van der Waals surface area (Å²) in [7, 11) is 0. The van der Waals surface area contributed by atoms with E-state index in [2.05, 4.69) is 33.2 Å². The highest BCUT2D eigenvalue weighted by molar-refractivity contribution is 6.06. The van der Waals surface area contributed by atoms with Crippen LogP contribution in [-0.4, -0.2) is 32.9 Å². The second kappa shape index (κ2) is 10.9. The van der Waals surface area contributed by atoms with Crippen molar-refractivity contribution in [3.63, 3.8) is 0 Å². The summed E-state index contributed by atoms with van der Waals surface area (Å²) in [4.78, 5) is 21.9. The predicted octanol–water partition coefficient (Wildman–Crippen LogP) is 4.02. The Morgan fingerprint density at radius 3 is 2.57 bits per heavy atom. The average molecular weight is 473 g/mol. The Morgan fingerprint density at radius 1 is 1.06 bits per heavy atom. The van der Waals surface area contributed by atoms with Gasteiger partial charge in [-0.25, -0.2) is 9.97 Å². The van der Waals surface area contributed by atoms with E-state index < -0.39 is 0 Å². The van der Waals surface area contributed by atoms with Crippen molar-refractivity contribution in [3.05, 3.63) is 59.9 Å². The third kappa shape index (κ3) is 5.51. The number of hydrogen-bond donors (Lipinski definition) is 5. The number of guanidine groups is 1. The van der Waals surface area contributed by atoms with Crippen LogP contribution in [0.5, 0.6) is 0 Å². The standard InChI is InChI=1S/C26H32N8O/c1-2-3-10-21-33-22-23(19-8-4-5-9-20(19)32-24(22)27)34(21)16-7-6-15-30-25(35)17-11-13-18(14-12-17)31-26(28)29/h4-5,8-9,11-14H,2-3,6-7,10,15-16H2,1H3,(H2,27,32)(H,30,35)(H4,28,29,31). The molecule has 2 aromatic carbocycles. The molecule has 4 aromatic rings. The lowest BCUT2D eigenvalue weighted by molar-refractivity contribution is 0.0953. The van der Waals surface area contributed by atoms with Crippen LogP contribution in [0.15, 0.2) is 48.5 Å². The Hall–Kier alpha value is -4.14. The molecule has 35 heavy (non-hydrogen) atoms. The molecule has 0 spiro atoms. The van der Waals surface area contributed by atoms with Gasteiger partial charge in [-0.05, 0) is 49.6 Å². The van der Waals surface area contributed by atoms with Gasteiger partial charge in [-0.3, -0.25) is 10.2 Å². The van der Waals surface area contributed by atoms with Crippen molar-refractivity contribution < 1.29 is 4.79 Å². The largest absolute Gasteiger partial charge is 0.382 e. The maximum Gasteiger partial charge on any atom is 0.251 e. The van der Waals surface area contributed by atoms with E-state index in [-0.39, 0.29) is 11.9 Å². The lowest BCUT2D eigenvalue weighted by Crippen LogP contribution is -2.25. The number of nitrogens with zero attached hydrogens (tertiary/aromatic N) is 3. The molecule has 0 radical (unpaired) electrons. The van der Waals surface area contributed by atoms with E-state index >= 15 is 0 Å². The van der Waals surface area contributed by atoms with Gasteiger partial charge < -0.3 is 26.7 Å². The number of amides is 1. The van der Waals surface area contributed by atoms with Gasteiger partial charge in [-0.15, -0.1) is 0 Å². The fraction of sp³-hybridized carbons (Fsp3) is 0.308. The van der Waals surface area contributed by atoms with Gasteiger partial charge in [0, 0.05) is 36.1 Å². The summed E-state index contributed by atoms with van der Waals surface area (Å²) in [5.41, 5.74) is 15.5. The molecule has 9 nitrogen and oxygen atoms in total. The van der Waals surface area contributed by atoms with E-state index in [0.29, 0.717) is 23.6 Å². The van der Waals surface area contributed by atoms with Crippen molar-refractivity contribution >= 4 is 45.3 Å². The van der Waals surface area contributed by atoms with Crippen molar-refractivity contribution in [2.45, 2.75) is 45.6 Å². The molecule has 1 amide bonds. The van der Waals surface area contributed by atoms with E-state index in [9.17, 15) is 4.79 Å². The number of pyridine rings is 1. The number of aromatic nitrogens is 3. The minimum atomic E-state index is -0.141. The SMILES string of the molecule is CCCCc1nc2c(N)nc3ccccc3c2n1CCCCNC(=O)c1ccc(NC(=N)N)cc1. The van der Waals surface area contributed by atoms with Crippen LogP contribution in [0.25, 0.3) is 21.9 Å². The zero-order valence-electron chi connectivity index (χ0n) is 20.0. The summed E-state index contributed by atoms with van der Waals surface area (Å²) in [6.07, 6.45) is 4.77. The van der Waals surface area contributed by atoms with Gasteiger partial charge in [-0.2, -0.15) is 0 Å². The molecule has 9 heteroatoms. The number of nitrogens with one attached hydrogen (secondary N) is 3. The highest BCUT2D eigenvalue weighted by Crippen LogP contribution is 2.29. The number of rotatable bonds is 10. The maximum atomic E-state index is 12.5. The van der Waals surface area contributed by atoms with E-state index in [4.69, 9.17) is 21.9 Å². The number of nitrogens with two attached hydrogens (primary N) is 2. The Morgan fingerprint density at radius 2 is 1.83 bits per heavy atom. The molecule has 0 saturated heterocycles. The third-order valence-electron chi connectivity index (χ3n) is 5.96. The van der Waals surface area contributed by atoms with Crippen molar-refractivity contribution in [1.29, 1.82) is 5.41 Å². The molecule has 182 valence electrons. The first-order chi connectivity index (χ1) is 17.0. The van der Waals surface area contributed by atoms with Crippen LogP contribution in [-0.2, 0) is 13.0 Å². The number of hydrogen-bond acceptors (Lipinski definition) is 5. The summed E-state index contributed by atoms with van der Waals surface area (Å²) >= 11 is 0. The van der Waals surface area contributed by atoms with Gasteiger partial charge in [0.1, 0.15) is 11.3 Å². The quantitative estimate of drug-likeness (QED) is 0.134. The first-order valence-corrected chi connectivity index (χ1v) is 12.0. The molecule has 2 aromatic heterocycles. The highest BCUT2D eigenvalue weighted by Gasteiger charge is 2.17. The number of nitrogen functional groups attached to an aromatic ring is 1. The number of imidazole rings is 1. The molecule has 0 aliphatic carbocycles. The molecule has 0 aliphatic heterocycles. The molecule has 0 aliphatic rings. The molecule has 0 fully saturated rings. The number of carbonyl (C=O) groups is 1. The lowest BCUT2D eigenvalue weighted by atomic mass is 10.1. The summed E-state index contributed by atoms with van der Waals surface area (Å²) < 4.78 is 2.29. The molecule has 0 unspecified atom stereocenters. The minimum absolute atomic E-state index is 0.124. The van der Waals surface area contributed by atoms with Crippen LogP contribution >= 0.6 is 0 Å². The number of unbranched alkanes of at least 4 members (excludes halogenated alkanes) is 2. The van der Waals surface area contributed by atoms with Gasteiger partial charge in [0.25, 0.3) is 5.91 Å². The second-order valence-electron chi connectivity index (χ2n) is 8.57. The number of aryl methyl sites for hydroxylation is 2. The molecular formula is C26H32N8O. The molecule has 0 atom stereocenters.